The molecule has 0 saturated heterocycles. The molecule has 2 aromatic rings. The molecule has 1 aromatic heterocycles. The van der Waals surface area contributed by atoms with Crippen LogP contribution in [0.3, 0.4) is 0 Å². The summed E-state index contributed by atoms with van der Waals surface area (Å²) in [4.78, 5) is 3.42. The summed E-state index contributed by atoms with van der Waals surface area (Å²) >= 11 is 3.47. The van der Waals surface area contributed by atoms with Crippen molar-refractivity contribution in [3.63, 3.8) is 0 Å². The molecule has 0 saturated carbocycles. The van der Waals surface area contributed by atoms with Gasteiger partial charge in [0.1, 0.15) is 0 Å². The molecular weight excluding hydrogens is 314 g/mol. The number of H-pyrrole nitrogens is 1. The number of halogens is 1. The highest BCUT2D eigenvalue weighted by atomic mass is 79.9. The van der Waals surface area contributed by atoms with Crippen molar-refractivity contribution in [1.29, 1.82) is 0 Å². The van der Waals surface area contributed by atoms with Gasteiger partial charge in [-0.05, 0) is 43.0 Å². The van der Waals surface area contributed by atoms with Crippen LogP contribution in [0.1, 0.15) is 17.7 Å². The quantitative estimate of drug-likeness (QED) is 0.808. The maximum absolute atomic E-state index is 11.7. The second-order valence-electron chi connectivity index (χ2n) is 4.78. The summed E-state index contributed by atoms with van der Waals surface area (Å²) in [5.74, 6) is 0.574. The molecule has 1 aromatic carbocycles. The maximum atomic E-state index is 11.7. The Labute approximate surface area is 115 Å². The predicted molar refractivity (Wildman–Crippen MR) is 76.7 cm³/mol. The second kappa shape index (κ2) is 4.38. The summed E-state index contributed by atoms with van der Waals surface area (Å²) < 4.78 is 24.5. The molecule has 18 heavy (non-hydrogen) atoms. The van der Waals surface area contributed by atoms with Crippen molar-refractivity contribution in [1.82, 2.24) is 4.98 Å². The fourth-order valence-electron chi connectivity index (χ4n) is 2.60. The van der Waals surface area contributed by atoms with E-state index in [0.717, 1.165) is 21.8 Å². The molecule has 1 aliphatic heterocycles. The molecule has 0 aliphatic carbocycles. The molecule has 3 rings (SSSR count). The minimum absolute atomic E-state index is 0.263. The number of aryl methyl sites for hydroxylation is 2. The SMILES string of the molecule is O=S1(=O)CCCc2[nH]c3ccc(Br)cc3c2CC1. The van der Waals surface area contributed by atoms with Crippen LogP contribution in [0.4, 0.5) is 0 Å². The van der Waals surface area contributed by atoms with Gasteiger partial charge in [0.25, 0.3) is 0 Å². The topological polar surface area (TPSA) is 49.9 Å². The molecule has 0 unspecified atom stereocenters. The third kappa shape index (κ3) is 2.21. The first-order valence-electron chi connectivity index (χ1n) is 6.04. The van der Waals surface area contributed by atoms with Gasteiger partial charge in [-0.3, -0.25) is 0 Å². The van der Waals surface area contributed by atoms with E-state index in [1.807, 2.05) is 12.1 Å². The molecule has 0 bridgehead atoms. The average Bonchev–Trinajstić information content (AvgIpc) is 2.61. The third-order valence-electron chi connectivity index (χ3n) is 3.50. The minimum Gasteiger partial charge on any atom is -0.358 e. The van der Waals surface area contributed by atoms with Crippen LogP contribution in [0.2, 0.25) is 0 Å². The van der Waals surface area contributed by atoms with Gasteiger partial charge in [0.2, 0.25) is 0 Å². The lowest BCUT2D eigenvalue weighted by Gasteiger charge is -2.10. The van der Waals surface area contributed by atoms with E-state index in [9.17, 15) is 8.42 Å². The molecule has 0 fully saturated rings. The van der Waals surface area contributed by atoms with E-state index < -0.39 is 9.84 Å². The van der Waals surface area contributed by atoms with E-state index in [2.05, 4.69) is 27.0 Å². The summed E-state index contributed by atoms with van der Waals surface area (Å²) in [6.07, 6.45) is 2.15. The van der Waals surface area contributed by atoms with E-state index in [4.69, 9.17) is 0 Å². The molecule has 1 aliphatic rings. The molecule has 1 N–H and O–H groups in total. The monoisotopic (exact) mass is 327 g/mol. The Morgan fingerprint density at radius 3 is 2.83 bits per heavy atom. The normalized spacial score (nSPS) is 19.2. The third-order valence-corrected chi connectivity index (χ3v) is 5.73. The van der Waals surface area contributed by atoms with Crippen molar-refractivity contribution in [2.75, 3.05) is 11.5 Å². The van der Waals surface area contributed by atoms with Gasteiger partial charge < -0.3 is 4.98 Å². The van der Waals surface area contributed by atoms with Gasteiger partial charge in [-0.15, -0.1) is 0 Å². The van der Waals surface area contributed by atoms with E-state index in [1.54, 1.807) is 0 Å². The smallest absolute Gasteiger partial charge is 0.150 e. The zero-order valence-corrected chi connectivity index (χ0v) is 12.3. The Bertz CT molecular complexity index is 703. The first-order valence-corrected chi connectivity index (χ1v) is 8.66. The Hall–Kier alpha value is -0.810. The number of benzene rings is 1. The lowest BCUT2D eigenvalue weighted by Crippen LogP contribution is -2.17. The minimum atomic E-state index is -2.87. The highest BCUT2D eigenvalue weighted by Crippen LogP contribution is 2.28. The van der Waals surface area contributed by atoms with E-state index in [1.165, 1.54) is 11.3 Å². The molecular formula is C13H14BrNO2S. The van der Waals surface area contributed by atoms with Gasteiger partial charge in [0.05, 0.1) is 11.5 Å². The van der Waals surface area contributed by atoms with Crippen LogP contribution in [0.25, 0.3) is 10.9 Å². The number of hydrogen-bond donors (Lipinski definition) is 1. The number of aromatic nitrogens is 1. The first-order chi connectivity index (χ1) is 8.55. The molecule has 96 valence electrons. The van der Waals surface area contributed by atoms with Gasteiger partial charge in [-0.1, -0.05) is 15.9 Å². The highest BCUT2D eigenvalue weighted by molar-refractivity contribution is 9.10. The number of fused-ring (bicyclic) bond motifs is 3. The summed E-state index contributed by atoms with van der Waals surface area (Å²) in [6, 6.07) is 6.11. The predicted octanol–water partition coefficient (Wildman–Crippen LogP) is 2.83. The van der Waals surface area contributed by atoms with Crippen LogP contribution in [0.5, 0.6) is 0 Å². The zero-order valence-electron chi connectivity index (χ0n) is 9.87. The average molecular weight is 328 g/mol. The zero-order chi connectivity index (χ0) is 12.8. The summed E-state index contributed by atoms with van der Waals surface area (Å²) in [5.41, 5.74) is 3.48. The van der Waals surface area contributed by atoms with Crippen LogP contribution in [0.15, 0.2) is 22.7 Å². The Morgan fingerprint density at radius 2 is 2.00 bits per heavy atom. The number of sulfone groups is 1. The van der Waals surface area contributed by atoms with Crippen molar-refractivity contribution < 1.29 is 8.42 Å². The van der Waals surface area contributed by atoms with Crippen LogP contribution >= 0.6 is 15.9 Å². The Kier molecular flexibility index (Phi) is 2.98. The van der Waals surface area contributed by atoms with Crippen molar-refractivity contribution >= 4 is 36.7 Å². The fraction of sp³-hybridized carbons (Fsp3) is 0.385. The van der Waals surface area contributed by atoms with Gasteiger partial charge in [-0.2, -0.15) is 0 Å². The number of nitrogens with one attached hydrogen (secondary N) is 1. The van der Waals surface area contributed by atoms with Gasteiger partial charge in [0, 0.05) is 21.1 Å². The van der Waals surface area contributed by atoms with E-state index >= 15 is 0 Å². The lowest BCUT2D eigenvalue weighted by molar-refractivity contribution is 0.590. The first kappa shape index (κ1) is 12.2. The van der Waals surface area contributed by atoms with Crippen molar-refractivity contribution in [2.45, 2.75) is 19.3 Å². The summed E-state index contributed by atoms with van der Waals surface area (Å²) in [7, 11) is -2.87. The van der Waals surface area contributed by atoms with Crippen molar-refractivity contribution in [2.24, 2.45) is 0 Å². The summed E-state index contributed by atoms with van der Waals surface area (Å²) in [6.45, 7) is 0. The fourth-order valence-corrected chi connectivity index (χ4v) is 4.27. The van der Waals surface area contributed by atoms with Crippen LogP contribution in [-0.2, 0) is 22.7 Å². The second-order valence-corrected chi connectivity index (χ2v) is 8.00. The molecule has 0 atom stereocenters. The largest absolute Gasteiger partial charge is 0.358 e. The molecule has 0 radical (unpaired) electrons. The van der Waals surface area contributed by atoms with Crippen LogP contribution in [0, 0.1) is 0 Å². The van der Waals surface area contributed by atoms with Crippen molar-refractivity contribution in [3.8, 4) is 0 Å². The van der Waals surface area contributed by atoms with E-state index in [0.29, 0.717) is 18.6 Å². The Morgan fingerprint density at radius 1 is 1.17 bits per heavy atom. The molecule has 3 nitrogen and oxygen atoms in total. The van der Waals surface area contributed by atoms with Gasteiger partial charge >= 0.3 is 0 Å². The summed E-state index contributed by atoms with van der Waals surface area (Å²) in [5, 5.41) is 1.15. The molecule has 0 spiro atoms. The van der Waals surface area contributed by atoms with E-state index in [-0.39, 0.29) is 5.75 Å². The standard InChI is InChI=1S/C13H14BrNO2S/c14-9-3-4-13-11(8-9)10-5-7-18(16,17)6-1-2-12(10)15-13/h3-4,8,15H,1-2,5-7H2. The van der Waals surface area contributed by atoms with Crippen LogP contribution < -0.4 is 0 Å². The van der Waals surface area contributed by atoms with Gasteiger partial charge in [0.15, 0.2) is 9.84 Å². The number of hydrogen-bond acceptors (Lipinski definition) is 2. The number of aromatic amines is 1. The maximum Gasteiger partial charge on any atom is 0.150 e. The Balaban J connectivity index is 2.14. The number of rotatable bonds is 0. The molecule has 5 heteroatoms. The molecule has 2 heterocycles. The van der Waals surface area contributed by atoms with Crippen molar-refractivity contribution in [3.05, 3.63) is 33.9 Å². The van der Waals surface area contributed by atoms with Crippen LogP contribution in [-0.4, -0.2) is 24.9 Å². The lowest BCUT2D eigenvalue weighted by atomic mass is 10.1. The molecule has 0 amide bonds. The highest BCUT2D eigenvalue weighted by Gasteiger charge is 2.19. The van der Waals surface area contributed by atoms with Gasteiger partial charge in [-0.25, -0.2) is 8.42 Å².